The van der Waals surface area contributed by atoms with E-state index in [1.54, 1.807) is 7.11 Å². The molecule has 1 aromatic rings. The Hall–Kier alpha value is -2.61. The Morgan fingerprint density at radius 1 is 1.38 bits per heavy atom. The van der Waals surface area contributed by atoms with E-state index in [1.165, 1.54) is 0 Å². The molecule has 1 aromatic heterocycles. The van der Waals surface area contributed by atoms with Crippen molar-refractivity contribution < 1.29 is 29.0 Å². The van der Waals surface area contributed by atoms with Crippen LogP contribution in [0.5, 0.6) is 5.95 Å². The zero-order valence-electron chi connectivity index (χ0n) is 15.6. The Morgan fingerprint density at radius 2 is 2.00 bits per heavy atom. The number of nitrogens with zero attached hydrogens (tertiary/aromatic N) is 2. The number of hydrogen-bond donors (Lipinski definition) is 2. The van der Waals surface area contributed by atoms with Crippen LogP contribution in [-0.4, -0.2) is 59.3 Å². The monoisotopic (exact) mass is 366 g/mol. The fourth-order valence-electron chi connectivity index (χ4n) is 2.30. The third-order valence-corrected chi connectivity index (χ3v) is 3.87. The molecule has 8 nitrogen and oxygen atoms in total. The lowest BCUT2D eigenvalue weighted by Crippen LogP contribution is -2.25. The van der Waals surface area contributed by atoms with Gasteiger partial charge in [0.2, 0.25) is 5.89 Å². The standard InChI is InChI=1S/C14H22N2O2.C4H4O4/c1-5-10(2)12-14(17-4)18-13(15-12)11-7-6-8-16(3)9-11;5-3(6)1-2-4(7)8/h7,10H,5-6,8-9H2,1-4H3;1-2H,(H,5,6)(H,7,8)/b;2-1-/t10-;/m1./s1. The molecule has 2 rings (SSSR count). The number of carboxylic acids is 2. The Kier molecular flexibility index (Phi) is 8.57. The lowest BCUT2D eigenvalue weighted by molar-refractivity contribution is -0.134. The van der Waals surface area contributed by atoms with Crippen LogP contribution in [0.4, 0.5) is 0 Å². The largest absolute Gasteiger partial charge is 0.478 e. The third kappa shape index (κ3) is 6.72. The van der Waals surface area contributed by atoms with Gasteiger partial charge in [-0.2, -0.15) is 0 Å². The fourth-order valence-corrected chi connectivity index (χ4v) is 2.30. The van der Waals surface area contributed by atoms with Crippen LogP contribution in [0.25, 0.3) is 5.57 Å². The maximum Gasteiger partial charge on any atom is 0.328 e. The van der Waals surface area contributed by atoms with Crippen molar-refractivity contribution in [3.8, 4) is 5.95 Å². The summed E-state index contributed by atoms with van der Waals surface area (Å²) in [5.74, 6) is -0.874. The van der Waals surface area contributed by atoms with Gasteiger partial charge in [-0.3, -0.25) is 0 Å². The van der Waals surface area contributed by atoms with Crippen molar-refractivity contribution in [1.82, 2.24) is 9.88 Å². The third-order valence-electron chi connectivity index (χ3n) is 3.87. The molecule has 0 saturated heterocycles. The van der Waals surface area contributed by atoms with E-state index >= 15 is 0 Å². The first kappa shape index (κ1) is 21.4. The molecule has 1 aliphatic heterocycles. The van der Waals surface area contributed by atoms with Crippen molar-refractivity contribution in [1.29, 1.82) is 0 Å². The molecule has 0 saturated carbocycles. The van der Waals surface area contributed by atoms with Crippen LogP contribution in [0.2, 0.25) is 0 Å². The van der Waals surface area contributed by atoms with Crippen molar-refractivity contribution in [3.05, 3.63) is 29.8 Å². The van der Waals surface area contributed by atoms with Gasteiger partial charge < -0.3 is 24.3 Å². The summed E-state index contributed by atoms with van der Waals surface area (Å²) in [5.41, 5.74) is 2.10. The topological polar surface area (TPSA) is 113 Å². The van der Waals surface area contributed by atoms with Gasteiger partial charge in [-0.05, 0) is 19.9 Å². The number of likely N-dealkylation sites (N-methyl/N-ethyl adjacent to an activating group) is 1. The van der Waals surface area contributed by atoms with Crippen LogP contribution in [0.15, 0.2) is 22.6 Å². The number of ether oxygens (including phenoxy) is 1. The summed E-state index contributed by atoms with van der Waals surface area (Å²) < 4.78 is 11.0. The quantitative estimate of drug-likeness (QED) is 0.739. The summed E-state index contributed by atoms with van der Waals surface area (Å²) in [4.78, 5) is 26.0. The fraction of sp³-hybridized carbons (Fsp3) is 0.500. The van der Waals surface area contributed by atoms with Gasteiger partial charge in [-0.25, -0.2) is 14.6 Å². The molecule has 0 amide bonds. The molecule has 1 atom stereocenters. The highest BCUT2D eigenvalue weighted by Gasteiger charge is 2.22. The Labute approximate surface area is 152 Å². The number of carbonyl (C=O) groups is 2. The number of aromatic nitrogens is 1. The second kappa shape index (κ2) is 10.4. The summed E-state index contributed by atoms with van der Waals surface area (Å²) in [6.07, 6.45) is 5.41. The molecule has 0 aromatic carbocycles. The van der Waals surface area contributed by atoms with E-state index in [-0.39, 0.29) is 0 Å². The normalized spacial score (nSPS) is 15.8. The molecule has 0 fully saturated rings. The van der Waals surface area contributed by atoms with E-state index in [9.17, 15) is 9.59 Å². The number of aliphatic carboxylic acids is 2. The van der Waals surface area contributed by atoms with E-state index in [0.29, 0.717) is 29.9 Å². The van der Waals surface area contributed by atoms with Crippen molar-refractivity contribution in [3.63, 3.8) is 0 Å². The molecule has 0 bridgehead atoms. The van der Waals surface area contributed by atoms with Crippen LogP contribution in [0, 0.1) is 0 Å². The van der Waals surface area contributed by atoms with Gasteiger partial charge in [-0.1, -0.05) is 19.9 Å². The first-order valence-corrected chi connectivity index (χ1v) is 8.35. The molecule has 0 aliphatic carbocycles. The molecule has 1 aliphatic rings. The average Bonchev–Trinajstić information content (AvgIpc) is 3.04. The number of rotatable bonds is 6. The lowest BCUT2D eigenvalue weighted by Gasteiger charge is -2.20. The van der Waals surface area contributed by atoms with Gasteiger partial charge >= 0.3 is 17.9 Å². The van der Waals surface area contributed by atoms with Crippen LogP contribution >= 0.6 is 0 Å². The van der Waals surface area contributed by atoms with Crippen molar-refractivity contribution in [2.45, 2.75) is 32.6 Å². The minimum atomic E-state index is -1.26. The van der Waals surface area contributed by atoms with Gasteiger partial charge in [-0.15, -0.1) is 0 Å². The number of oxazole rings is 1. The Bertz CT molecular complexity index is 661. The van der Waals surface area contributed by atoms with E-state index in [4.69, 9.17) is 19.4 Å². The molecule has 0 unspecified atom stereocenters. The van der Waals surface area contributed by atoms with Crippen molar-refractivity contribution in [2.24, 2.45) is 0 Å². The van der Waals surface area contributed by atoms with Gasteiger partial charge in [0.15, 0.2) is 0 Å². The molecular formula is C18H26N2O6. The number of methoxy groups -OCH3 is 1. The molecule has 2 heterocycles. The van der Waals surface area contributed by atoms with Gasteiger partial charge in [0.25, 0.3) is 0 Å². The molecule has 0 radical (unpaired) electrons. The first-order valence-electron chi connectivity index (χ1n) is 8.35. The Morgan fingerprint density at radius 3 is 2.46 bits per heavy atom. The maximum atomic E-state index is 9.55. The summed E-state index contributed by atoms with van der Waals surface area (Å²) in [6, 6.07) is 0. The average molecular weight is 366 g/mol. The second-order valence-corrected chi connectivity index (χ2v) is 5.97. The second-order valence-electron chi connectivity index (χ2n) is 5.97. The zero-order valence-corrected chi connectivity index (χ0v) is 15.6. The number of hydrogen-bond acceptors (Lipinski definition) is 6. The summed E-state index contributed by atoms with van der Waals surface area (Å²) in [7, 11) is 3.75. The highest BCUT2D eigenvalue weighted by atomic mass is 16.6. The van der Waals surface area contributed by atoms with E-state index in [1.807, 2.05) is 0 Å². The minimum Gasteiger partial charge on any atom is -0.478 e. The van der Waals surface area contributed by atoms with Gasteiger partial charge in [0.05, 0.1) is 7.11 Å². The lowest BCUT2D eigenvalue weighted by atomic mass is 10.1. The van der Waals surface area contributed by atoms with Gasteiger partial charge in [0, 0.05) is 36.7 Å². The molecule has 144 valence electrons. The maximum absolute atomic E-state index is 9.55. The first-order chi connectivity index (χ1) is 12.3. The predicted octanol–water partition coefficient (Wildman–Crippen LogP) is 2.63. The molecule has 26 heavy (non-hydrogen) atoms. The predicted molar refractivity (Wildman–Crippen MR) is 96.3 cm³/mol. The van der Waals surface area contributed by atoms with E-state index < -0.39 is 11.9 Å². The SMILES string of the molecule is CC[C@@H](C)c1nc(C2=CCCN(C)C2)oc1OC.O=C(O)/C=C\C(=O)O. The molecule has 2 N–H and O–H groups in total. The molecular weight excluding hydrogens is 340 g/mol. The van der Waals surface area contributed by atoms with E-state index in [0.717, 1.165) is 37.2 Å². The summed E-state index contributed by atoms with van der Waals surface area (Å²) in [6.45, 7) is 6.28. The highest BCUT2D eigenvalue weighted by molar-refractivity contribution is 5.89. The minimum absolute atomic E-state index is 0.361. The molecule has 8 heteroatoms. The Balaban J connectivity index is 0.000000359. The highest BCUT2D eigenvalue weighted by Crippen LogP contribution is 2.32. The summed E-state index contributed by atoms with van der Waals surface area (Å²) >= 11 is 0. The van der Waals surface area contributed by atoms with Crippen LogP contribution in [0.3, 0.4) is 0 Å². The van der Waals surface area contributed by atoms with Crippen molar-refractivity contribution >= 4 is 17.5 Å². The van der Waals surface area contributed by atoms with Crippen LogP contribution < -0.4 is 4.74 Å². The smallest absolute Gasteiger partial charge is 0.328 e. The number of carboxylic acid groups (broad SMARTS) is 2. The van der Waals surface area contributed by atoms with Gasteiger partial charge in [0.1, 0.15) is 5.69 Å². The van der Waals surface area contributed by atoms with Crippen LogP contribution in [-0.2, 0) is 9.59 Å². The van der Waals surface area contributed by atoms with Crippen LogP contribution in [0.1, 0.15) is 44.2 Å². The summed E-state index contributed by atoms with van der Waals surface area (Å²) in [5, 5.41) is 15.6. The zero-order chi connectivity index (χ0) is 19.7. The van der Waals surface area contributed by atoms with Crippen molar-refractivity contribution in [2.75, 3.05) is 27.2 Å². The van der Waals surface area contributed by atoms with E-state index in [2.05, 4.69) is 36.9 Å². The molecule has 0 spiro atoms.